The Morgan fingerprint density at radius 3 is 1.04 bits per heavy atom. The van der Waals surface area contributed by atoms with Gasteiger partial charge in [-0.3, -0.25) is 0 Å². The summed E-state index contributed by atoms with van der Waals surface area (Å²) in [6.45, 7) is 39.5. The highest BCUT2D eigenvalue weighted by atomic mass is 16.5. The van der Waals surface area contributed by atoms with Gasteiger partial charge >= 0.3 is 23.0 Å². The second-order valence-electron chi connectivity index (χ2n) is 19.9. The lowest BCUT2D eigenvalue weighted by Crippen LogP contribution is -2.21. The van der Waals surface area contributed by atoms with Crippen LogP contribution in [0, 0.1) is 10.8 Å². The second kappa shape index (κ2) is 14.0. The van der Waals surface area contributed by atoms with Gasteiger partial charge in [-0.15, -0.1) is 0 Å². The summed E-state index contributed by atoms with van der Waals surface area (Å²) < 4.78 is 19.3. The molecule has 0 atom stereocenters. The molecule has 1 aliphatic rings. The van der Waals surface area contributed by atoms with E-state index in [-0.39, 0.29) is 32.5 Å². The fourth-order valence-corrected chi connectivity index (χ4v) is 4.82. The number of allylic oxidation sites excluding steroid dienone is 10. The number of rotatable bonds is 5. The van der Waals surface area contributed by atoms with Crippen molar-refractivity contribution < 1.29 is 13.6 Å². The Labute approximate surface area is 299 Å². The van der Waals surface area contributed by atoms with Crippen molar-refractivity contribution >= 4 is 12.2 Å². The van der Waals surface area contributed by atoms with E-state index in [1.54, 1.807) is 0 Å². The third kappa shape index (κ3) is 11.5. The number of hydrogen-bond donors (Lipinski definition) is 0. The highest BCUT2D eigenvalue weighted by Gasteiger charge is 2.35. The first kappa shape index (κ1) is 40.0. The Bertz CT molecular complexity index is 1510. The molecule has 0 bridgehead atoms. The van der Waals surface area contributed by atoms with Crippen LogP contribution in [0.2, 0.25) is 0 Å². The summed E-state index contributed by atoms with van der Waals surface area (Å²) in [6, 6.07) is 8.68. The monoisotopic (exact) mass is 667 g/mol. The van der Waals surface area contributed by atoms with Crippen molar-refractivity contribution in [3.8, 4) is 0 Å². The molecule has 0 aliphatic carbocycles. The van der Waals surface area contributed by atoms with E-state index in [1.807, 2.05) is 0 Å². The Hall–Kier alpha value is -3.46. The molecule has 3 heteroatoms. The molecule has 0 saturated heterocycles. The van der Waals surface area contributed by atoms with E-state index in [2.05, 4.69) is 198 Å². The highest BCUT2D eigenvalue weighted by Crippen LogP contribution is 2.39. The van der Waals surface area contributed by atoms with E-state index < -0.39 is 0 Å². The summed E-state index contributed by atoms with van der Waals surface area (Å²) in [5, 5.41) is 0. The highest BCUT2D eigenvalue weighted by molar-refractivity contribution is 5.61. The second-order valence-corrected chi connectivity index (χ2v) is 19.9. The minimum atomic E-state index is -0.113. The van der Waals surface area contributed by atoms with Crippen LogP contribution in [-0.4, -0.2) is 0 Å². The standard InChI is InChI=1S/C46H66O3/c1-41(2,3)35-25-32(26-36(47-35)42(4,5)6)22-19-31(20-23-33-27-37(43(7,8)9)48-38(28-33)44(10,11)12)21-24-34-29-39(45(13,14)15)49-40(30-34)46(16,17)18/h19-30H,1-18H3/q+2. The average molecular weight is 667 g/mol. The molecular weight excluding hydrogens is 601 g/mol. The van der Waals surface area contributed by atoms with Gasteiger partial charge in [-0.2, -0.15) is 0 Å². The Kier molecular flexibility index (Phi) is 11.5. The van der Waals surface area contributed by atoms with Gasteiger partial charge in [0.25, 0.3) is 0 Å². The molecule has 3 rings (SSSR count). The summed E-state index contributed by atoms with van der Waals surface area (Å²) in [6.07, 6.45) is 17.5. The molecule has 3 heterocycles. The quantitative estimate of drug-likeness (QED) is 0.235. The van der Waals surface area contributed by atoms with Crippen LogP contribution in [0.15, 0.2) is 92.2 Å². The molecule has 3 nitrogen and oxygen atoms in total. The molecule has 0 aromatic carbocycles. The first-order valence-corrected chi connectivity index (χ1v) is 17.9. The predicted octanol–water partition coefficient (Wildman–Crippen LogP) is 14.1. The van der Waals surface area contributed by atoms with Crippen molar-refractivity contribution in [3.05, 3.63) is 118 Å². The summed E-state index contributed by atoms with van der Waals surface area (Å²) in [7, 11) is 0. The van der Waals surface area contributed by atoms with Crippen molar-refractivity contribution in [2.75, 3.05) is 0 Å². The van der Waals surface area contributed by atoms with Gasteiger partial charge < -0.3 is 4.74 Å². The van der Waals surface area contributed by atoms with Crippen molar-refractivity contribution in [1.29, 1.82) is 0 Å². The van der Waals surface area contributed by atoms with E-state index in [0.717, 1.165) is 56.8 Å². The lowest BCUT2D eigenvalue weighted by molar-refractivity contribution is 0.161. The molecule has 0 fully saturated rings. The maximum atomic E-state index is 6.43. The molecule has 0 unspecified atom stereocenters. The van der Waals surface area contributed by atoms with Crippen LogP contribution < -0.4 is 0 Å². The van der Waals surface area contributed by atoms with Gasteiger partial charge in [-0.05, 0) is 118 Å². The Morgan fingerprint density at radius 1 is 0.469 bits per heavy atom. The van der Waals surface area contributed by atoms with E-state index >= 15 is 0 Å². The van der Waals surface area contributed by atoms with Crippen LogP contribution in [-0.2, 0) is 26.4 Å². The van der Waals surface area contributed by atoms with Gasteiger partial charge in [0.05, 0.1) is 21.7 Å². The summed E-state index contributed by atoms with van der Waals surface area (Å²) in [4.78, 5) is 0. The lowest BCUT2D eigenvalue weighted by Gasteiger charge is -2.32. The minimum Gasteiger partial charge on any atom is -0.465 e. The Balaban J connectivity index is 2.25. The zero-order valence-electron chi connectivity index (χ0n) is 34.2. The van der Waals surface area contributed by atoms with Crippen LogP contribution in [0.4, 0.5) is 0 Å². The van der Waals surface area contributed by atoms with Crippen LogP contribution in [0.5, 0.6) is 0 Å². The molecule has 49 heavy (non-hydrogen) atoms. The van der Waals surface area contributed by atoms with E-state index in [1.165, 1.54) is 0 Å². The van der Waals surface area contributed by atoms with Gasteiger partial charge in [0.15, 0.2) is 0 Å². The first-order chi connectivity index (χ1) is 22.0. The molecule has 2 aromatic rings. The number of hydrogen-bond acceptors (Lipinski definition) is 1. The van der Waals surface area contributed by atoms with E-state index in [0.29, 0.717) is 0 Å². The summed E-state index contributed by atoms with van der Waals surface area (Å²) in [5.41, 5.74) is 3.75. The molecule has 0 N–H and O–H groups in total. The Morgan fingerprint density at radius 2 is 0.776 bits per heavy atom. The fourth-order valence-electron chi connectivity index (χ4n) is 4.82. The molecular formula is C46H66O3+2. The lowest BCUT2D eigenvalue weighted by atomic mass is 9.87. The van der Waals surface area contributed by atoms with E-state index in [9.17, 15) is 0 Å². The molecule has 266 valence electrons. The maximum Gasteiger partial charge on any atom is 0.335 e. The van der Waals surface area contributed by atoms with Gasteiger partial charge in [-0.1, -0.05) is 78.0 Å². The van der Waals surface area contributed by atoms with Crippen LogP contribution in [0.3, 0.4) is 0 Å². The molecule has 0 radical (unpaired) electrons. The minimum absolute atomic E-state index is 0.113. The van der Waals surface area contributed by atoms with E-state index in [4.69, 9.17) is 13.6 Å². The molecule has 0 spiro atoms. The molecule has 1 aliphatic heterocycles. The molecule has 2 aromatic heterocycles. The van der Waals surface area contributed by atoms with Crippen LogP contribution in [0.1, 0.15) is 159 Å². The van der Waals surface area contributed by atoms with Gasteiger partial charge in [0.1, 0.15) is 11.5 Å². The zero-order valence-corrected chi connectivity index (χ0v) is 34.2. The van der Waals surface area contributed by atoms with Crippen molar-refractivity contribution in [2.45, 2.75) is 146 Å². The maximum absolute atomic E-state index is 6.43. The average Bonchev–Trinajstić information content (AvgIpc) is 2.93. The zero-order chi connectivity index (χ0) is 37.4. The summed E-state index contributed by atoms with van der Waals surface area (Å²) in [5.74, 6) is 5.85. The van der Waals surface area contributed by atoms with Crippen LogP contribution in [0.25, 0.3) is 12.2 Å². The summed E-state index contributed by atoms with van der Waals surface area (Å²) >= 11 is 0. The topological polar surface area (TPSA) is 31.8 Å². The van der Waals surface area contributed by atoms with Gasteiger partial charge in [0.2, 0.25) is 0 Å². The largest absolute Gasteiger partial charge is 0.465 e. The third-order valence-electron chi connectivity index (χ3n) is 8.29. The normalized spacial score (nSPS) is 15.3. The fraction of sp³-hybridized carbons (Fsp3) is 0.522. The first-order valence-electron chi connectivity index (χ1n) is 17.9. The van der Waals surface area contributed by atoms with Crippen molar-refractivity contribution in [1.82, 2.24) is 0 Å². The SMILES string of the molecule is CC(C)(C)C1=CC(=CC=C(/C=C/c2cc(C(C)(C)C)[o+]c(C(C)(C)C)c2)/C=C/c2cc(C(C)(C)C)[o+]c(C(C)(C)C)c2)C=C(C(C)(C)C)O1. The molecule has 0 amide bonds. The van der Waals surface area contributed by atoms with Gasteiger partial charge in [-0.25, -0.2) is 8.83 Å². The predicted molar refractivity (Wildman–Crippen MR) is 211 cm³/mol. The molecule has 0 saturated carbocycles. The third-order valence-corrected chi connectivity index (χ3v) is 8.29. The smallest absolute Gasteiger partial charge is 0.335 e. The van der Waals surface area contributed by atoms with Gasteiger partial charge in [0, 0.05) is 35.1 Å². The number of ether oxygens (including phenoxy) is 1. The van der Waals surface area contributed by atoms with Crippen molar-refractivity contribution in [2.24, 2.45) is 10.8 Å². The van der Waals surface area contributed by atoms with Crippen LogP contribution >= 0.6 is 0 Å². The van der Waals surface area contributed by atoms with Crippen molar-refractivity contribution in [3.63, 3.8) is 0 Å².